The van der Waals surface area contributed by atoms with Crippen molar-refractivity contribution in [2.75, 3.05) is 13.2 Å². The highest BCUT2D eigenvalue weighted by molar-refractivity contribution is 5.96. The summed E-state index contributed by atoms with van der Waals surface area (Å²) in [6.45, 7) is 6.79. The van der Waals surface area contributed by atoms with Crippen molar-refractivity contribution in [1.29, 1.82) is 0 Å². The monoisotopic (exact) mass is 702 g/mol. The van der Waals surface area contributed by atoms with Crippen LogP contribution in [0.25, 0.3) is 0 Å². The van der Waals surface area contributed by atoms with E-state index in [2.05, 4.69) is 4.99 Å². The van der Waals surface area contributed by atoms with Gasteiger partial charge in [-0.1, -0.05) is 0 Å². The Morgan fingerprint density at radius 2 is 1.16 bits per heavy atom. The highest BCUT2D eigenvalue weighted by Crippen LogP contribution is 2.45. The number of amides is 1. The van der Waals surface area contributed by atoms with Gasteiger partial charge in [-0.05, 0) is 0 Å². The first-order chi connectivity index (χ1) is 22.8. The maximum Gasteiger partial charge on any atom is 0.303 e. The number of nitrogens with zero attached hydrogens (tertiary/aromatic N) is 2. The summed E-state index contributed by atoms with van der Waals surface area (Å²) in [7, 11) is 0. The molecule has 2 saturated heterocycles. The van der Waals surface area contributed by atoms with Crippen LogP contribution in [0.3, 0.4) is 0 Å². The first-order valence-corrected chi connectivity index (χ1v) is 14.8. The van der Waals surface area contributed by atoms with Gasteiger partial charge in [-0.25, -0.2) is 0 Å². The van der Waals surface area contributed by atoms with Crippen molar-refractivity contribution in [3.63, 3.8) is 0 Å². The van der Waals surface area contributed by atoms with Crippen LogP contribution < -0.4 is 0 Å². The molecule has 272 valence electrons. The van der Waals surface area contributed by atoms with Crippen molar-refractivity contribution in [1.82, 2.24) is 4.90 Å². The summed E-state index contributed by atoms with van der Waals surface area (Å²) >= 11 is 0. The predicted molar refractivity (Wildman–Crippen MR) is 153 cm³/mol. The van der Waals surface area contributed by atoms with Gasteiger partial charge in [-0.3, -0.25) is 43.3 Å². The van der Waals surface area contributed by atoms with Crippen molar-refractivity contribution < 1.29 is 86.1 Å². The van der Waals surface area contributed by atoms with Gasteiger partial charge < -0.3 is 47.7 Å². The number of carbonyl (C=O) groups is 8. The molecule has 1 aliphatic carbocycles. The smallest absolute Gasteiger partial charge is 0.303 e. The number of carbonyl (C=O) groups excluding carboxylic acids is 8. The lowest BCUT2D eigenvalue weighted by molar-refractivity contribution is -0.251. The Kier molecular flexibility index (Phi) is 12.3. The molecule has 20 heteroatoms. The largest absolute Gasteiger partial charge is 0.463 e. The zero-order chi connectivity index (χ0) is 37.0. The molecule has 1 saturated carbocycles. The van der Waals surface area contributed by atoms with Crippen molar-refractivity contribution in [3.05, 3.63) is 0 Å². The molecular formula is C29H38N2O18. The molecule has 0 radical (unpaired) electrons. The van der Waals surface area contributed by atoms with E-state index < -0.39 is 128 Å². The van der Waals surface area contributed by atoms with Crippen LogP contribution in [0.5, 0.6) is 0 Å². The quantitative estimate of drug-likeness (QED) is 0.195. The van der Waals surface area contributed by atoms with Crippen LogP contribution in [0.1, 0.15) is 55.4 Å². The predicted octanol–water partition coefficient (Wildman–Crippen LogP) is -1.79. The summed E-state index contributed by atoms with van der Waals surface area (Å²) in [5.41, 5.74) is -2.47. The van der Waals surface area contributed by atoms with Gasteiger partial charge in [0, 0.05) is 55.4 Å². The number of ether oxygens (including phenoxy) is 9. The number of hydrogen-bond acceptors (Lipinski definition) is 19. The number of amidine groups is 1. The zero-order valence-corrected chi connectivity index (χ0v) is 27.9. The number of rotatable bonds is 10. The number of fused-ring (bicyclic) bond motifs is 1. The number of esters is 7. The van der Waals surface area contributed by atoms with Gasteiger partial charge in [0.15, 0.2) is 48.5 Å². The molecule has 2 aliphatic heterocycles. The summed E-state index contributed by atoms with van der Waals surface area (Å²) < 4.78 is 48.9. The lowest BCUT2D eigenvalue weighted by atomic mass is 9.94. The Balaban J connectivity index is 2.22. The molecule has 1 amide bonds. The SMILES string of the molecule is CC(=O)OC[C@H]1O[C@H](/N=C2\O[C@@H]3[C@@H](OC(C)=O)[C@H](OC(C)=O)[C@](O)(COC(C)=O)[C@@H]3N2C(C)=O)[C@@H](OC(C)=O)[C@@H](OC(C)=O)[C@@H]1OC(C)=O. The third-order valence-corrected chi connectivity index (χ3v) is 7.31. The van der Waals surface area contributed by atoms with Crippen LogP contribution in [0.15, 0.2) is 4.99 Å². The summed E-state index contributed by atoms with van der Waals surface area (Å²) in [6.07, 6.45) is -12.8. The summed E-state index contributed by atoms with van der Waals surface area (Å²) in [4.78, 5) is 103. The molecule has 2 heterocycles. The van der Waals surface area contributed by atoms with Crippen molar-refractivity contribution in [3.8, 4) is 0 Å². The van der Waals surface area contributed by atoms with E-state index in [1.54, 1.807) is 0 Å². The van der Waals surface area contributed by atoms with Crippen LogP contribution in [0.2, 0.25) is 0 Å². The fourth-order valence-corrected chi connectivity index (χ4v) is 5.78. The van der Waals surface area contributed by atoms with E-state index in [1.807, 2.05) is 0 Å². The second kappa shape index (κ2) is 15.6. The van der Waals surface area contributed by atoms with Gasteiger partial charge in [-0.15, -0.1) is 0 Å². The fraction of sp³-hybridized carbons (Fsp3) is 0.690. The van der Waals surface area contributed by atoms with Gasteiger partial charge in [0.25, 0.3) is 6.02 Å². The molecule has 0 bridgehead atoms. The Bertz CT molecular complexity index is 1400. The minimum atomic E-state index is -2.47. The Morgan fingerprint density at radius 3 is 1.65 bits per heavy atom. The summed E-state index contributed by atoms with van der Waals surface area (Å²) in [6, 6.07) is -2.22. The first-order valence-electron chi connectivity index (χ1n) is 14.8. The van der Waals surface area contributed by atoms with E-state index >= 15 is 0 Å². The molecule has 0 unspecified atom stereocenters. The average Bonchev–Trinajstić information content (AvgIpc) is 3.42. The van der Waals surface area contributed by atoms with Gasteiger partial charge >= 0.3 is 41.8 Å². The molecule has 49 heavy (non-hydrogen) atoms. The number of aliphatic imine (C=N–C) groups is 1. The van der Waals surface area contributed by atoms with E-state index in [-0.39, 0.29) is 0 Å². The van der Waals surface area contributed by atoms with Crippen molar-refractivity contribution in [2.24, 2.45) is 4.99 Å². The Morgan fingerprint density at radius 1 is 0.673 bits per heavy atom. The lowest BCUT2D eigenvalue weighted by Gasteiger charge is -2.43. The normalized spacial score (nSPS) is 32.6. The molecule has 10 atom stereocenters. The zero-order valence-electron chi connectivity index (χ0n) is 27.9. The lowest BCUT2D eigenvalue weighted by Crippen LogP contribution is -2.62. The number of hydrogen-bond donors (Lipinski definition) is 1. The highest BCUT2D eigenvalue weighted by atomic mass is 16.7. The molecule has 0 aromatic rings. The molecular weight excluding hydrogens is 664 g/mol. The maximum absolute atomic E-state index is 13.2. The van der Waals surface area contributed by atoms with Gasteiger partial charge in [0.2, 0.25) is 5.91 Å². The average molecular weight is 703 g/mol. The second-order valence-corrected chi connectivity index (χ2v) is 11.3. The highest BCUT2D eigenvalue weighted by Gasteiger charge is 2.71. The molecule has 3 aliphatic rings. The van der Waals surface area contributed by atoms with Gasteiger partial charge in [0.1, 0.15) is 25.4 Å². The van der Waals surface area contributed by atoms with Crippen molar-refractivity contribution in [2.45, 2.75) is 116 Å². The molecule has 0 aromatic heterocycles. The maximum atomic E-state index is 13.2. The van der Waals surface area contributed by atoms with Gasteiger partial charge in [0.05, 0.1) is 0 Å². The van der Waals surface area contributed by atoms with E-state index in [1.165, 1.54) is 0 Å². The van der Waals surface area contributed by atoms with Crippen LogP contribution in [0.4, 0.5) is 0 Å². The van der Waals surface area contributed by atoms with E-state index in [9.17, 15) is 43.5 Å². The van der Waals surface area contributed by atoms with Crippen LogP contribution in [0, 0.1) is 0 Å². The molecule has 1 N–H and O–H groups in total. The molecule has 20 nitrogen and oxygen atoms in total. The molecule has 3 fully saturated rings. The standard InChI is InChI=1S/C29H38N2O18/c1-11(32)31-25-22(23(45-16(6)37)26(47-18(8)39)29(25,40)10-42-13(3)34)49-28(31)30-27-24(46-17(7)38)21(44-15(5)36)20(43-14(4)35)19(48-27)9-41-12(2)33/h19-27,40H,9-10H2,1-8H3/b30-28-/t19-,20-,21+,22-,23-,24+,25-,26+,27+,29+/m1/s1. The molecule has 0 spiro atoms. The first kappa shape index (κ1) is 38.6. The summed E-state index contributed by atoms with van der Waals surface area (Å²) in [5.74, 6) is -7.01. The Hall–Kier alpha value is -4.85. The fourth-order valence-electron chi connectivity index (χ4n) is 5.78. The Labute approximate surface area is 279 Å². The summed E-state index contributed by atoms with van der Waals surface area (Å²) in [5, 5.41) is 12.0. The molecule has 3 rings (SSSR count). The van der Waals surface area contributed by atoms with Crippen LogP contribution in [-0.2, 0) is 81.0 Å². The van der Waals surface area contributed by atoms with Crippen LogP contribution >= 0.6 is 0 Å². The van der Waals surface area contributed by atoms with Gasteiger partial charge in [-0.2, -0.15) is 4.99 Å². The van der Waals surface area contributed by atoms with E-state index in [4.69, 9.17) is 42.6 Å². The second-order valence-electron chi connectivity index (χ2n) is 11.3. The minimum Gasteiger partial charge on any atom is -0.463 e. The third kappa shape index (κ3) is 8.99. The van der Waals surface area contributed by atoms with Crippen LogP contribution in [-0.4, -0.2) is 138 Å². The minimum absolute atomic E-state index is 0.581. The van der Waals surface area contributed by atoms with Crippen molar-refractivity contribution >= 4 is 53.7 Å². The third-order valence-electron chi connectivity index (χ3n) is 7.31. The topological polar surface area (TPSA) is 255 Å². The van der Waals surface area contributed by atoms with E-state index in [0.717, 1.165) is 60.3 Å². The number of aliphatic hydroxyl groups is 1. The molecule has 0 aromatic carbocycles. The van der Waals surface area contributed by atoms with E-state index in [0.29, 0.717) is 0 Å².